The molecule has 118 valence electrons. The van der Waals surface area contributed by atoms with Gasteiger partial charge in [0.2, 0.25) is 0 Å². The van der Waals surface area contributed by atoms with Crippen LogP contribution in [0.15, 0.2) is 18.2 Å². The molecular formula is C18H30N2O. The van der Waals surface area contributed by atoms with Crippen LogP contribution in [0.1, 0.15) is 37.8 Å². The van der Waals surface area contributed by atoms with Crippen LogP contribution in [0.25, 0.3) is 0 Å². The normalized spacial score (nSPS) is 24.1. The summed E-state index contributed by atoms with van der Waals surface area (Å²) < 4.78 is 5.62. The Balaban J connectivity index is 2.09. The van der Waals surface area contributed by atoms with E-state index in [1.807, 2.05) is 7.11 Å². The summed E-state index contributed by atoms with van der Waals surface area (Å²) in [5, 5.41) is 0. The zero-order valence-corrected chi connectivity index (χ0v) is 13.9. The Labute approximate surface area is 129 Å². The summed E-state index contributed by atoms with van der Waals surface area (Å²) in [7, 11) is 1.82. The highest BCUT2D eigenvalue weighted by Crippen LogP contribution is 2.26. The molecule has 0 spiro atoms. The second kappa shape index (κ2) is 7.28. The molecule has 1 aromatic carbocycles. The molecule has 1 aromatic rings. The Bertz CT molecular complexity index is 461. The molecule has 2 rings (SSSR count). The van der Waals surface area contributed by atoms with Gasteiger partial charge in [0, 0.05) is 31.9 Å². The Morgan fingerprint density at radius 1 is 1.43 bits per heavy atom. The van der Waals surface area contributed by atoms with Crippen molar-refractivity contribution >= 4 is 5.69 Å². The summed E-state index contributed by atoms with van der Waals surface area (Å²) in [6, 6.07) is 7.07. The molecule has 1 fully saturated rings. The maximum absolute atomic E-state index is 6.08. The number of anilines is 1. The summed E-state index contributed by atoms with van der Waals surface area (Å²) in [4.78, 5) is 2.45. The van der Waals surface area contributed by atoms with Crippen LogP contribution in [0.3, 0.4) is 0 Å². The summed E-state index contributed by atoms with van der Waals surface area (Å²) in [5.74, 6) is 0.647. The van der Waals surface area contributed by atoms with Crippen LogP contribution in [0.2, 0.25) is 0 Å². The number of hydrogen-bond donors (Lipinski definition) is 1. The molecule has 1 heterocycles. The zero-order chi connectivity index (χ0) is 15.4. The summed E-state index contributed by atoms with van der Waals surface area (Å²) >= 11 is 0. The Morgan fingerprint density at radius 2 is 2.19 bits per heavy atom. The monoisotopic (exact) mass is 290 g/mol. The molecule has 1 aliphatic heterocycles. The fraction of sp³-hybridized carbons (Fsp3) is 0.667. The van der Waals surface area contributed by atoms with Crippen molar-refractivity contribution in [2.75, 3.05) is 25.1 Å². The minimum atomic E-state index is 0.267. The first-order valence-electron chi connectivity index (χ1n) is 8.18. The van der Waals surface area contributed by atoms with E-state index in [-0.39, 0.29) is 6.04 Å². The molecular weight excluding hydrogens is 260 g/mol. The molecule has 0 amide bonds. The van der Waals surface area contributed by atoms with Gasteiger partial charge in [-0.25, -0.2) is 0 Å². The lowest BCUT2D eigenvalue weighted by atomic mass is 9.94. The molecule has 3 atom stereocenters. The lowest BCUT2D eigenvalue weighted by Gasteiger charge is -2.37. The van der Waals surface area contributed by atoms with E-state index in [4.69, 9.17) is 10.5 Å². The van der Waals surface area contributed by atoms with Gasteiger partial charge < -0.3 is 15.4 Å². The van der Waals surface area contributed by atoms with Crippen molar-refractivity contribution in [1.29, 1.82) is 0 Å². The SMILES string of the molecule is CCC(N)Cc1ccc(N2CCC(C)C(OC)C2)cc1C. The highest BCUT2D eigenvalue weighted by atomic mass is 16.5. The first-order chi connectivity index (χ1) is 10.0. The number of rotatable bonds is 5. The highest BCUT2D eigenvalue weighted by molar-refractivity contribution is 5.51. The minimum Gasteiger partial charge on any atom is -0.379 e. The molecule has 0 bridgehead atoms. The Hall–Kier alpha value is -1.06. The van der Waals surface area contributed by atoms with Crippen LogP contribution in [0, 0.1) is 12.8 Å². The van der Waals surface area contributed by atoms with Crippen molar-refractivity contribution < 1.29 is 4.74 Å². The smallest absolute Gasteiger partial charge is 0.0772 e. The number of ether oxygens (including phenoxy) is 1. The molecule has 0 aromatic heterocycles. The number of methoxy groups -OCH3 is 1. The van der Waals surface area contributed by atoms with Gasteiger partial charge in [-0.15, -0.1) is 0 Å². The molecule has 3 unspecified atom stereocenters. The number of nitrogens with two attached hydrogens (primary N) is 1. The zero-order valence-electron chi connectivity index (χ0n) is 13.9. The average molecular weight is 290 g/mol. The molecule has 0 saturated carbocycles. The van der Waals surface area contributed by atoms with Crippen LogP contribution in [0.5, 0.6) is 0 Å². The van der Waals surface area contributed by atoms with Gasteiger partial charge in [-0.05, 0) is 55.4 Å². The fourth-order valence-electron chi connectivity index (χ4n) is 3.11. The molecule has 21 heavy (non-hydrogen) atoms. The molecule has 1 saturated heterocycles. The number of hydrogen-bond acceptors (Lipinski definition) is 3. The lowest BCUT2D eigenvalue weighted by Crippen LogP contribution is -2.43. The third-order valence-corrected chi connectivity index (χ3v) is 4.89. The van der Waals surface area contributed by atoms with Crippen molar-refractivity contribution in [1.82, 2.24) is 0 Å². The molecule has 3 nitrogen and oxygen atoms in total. The van der Waals surface area contributed by atoms with Gasteiger partial charge in [-0.1, -0.05) is 19.9 Å². The van der Waals surface area contributed by atoms with E-state index in [2.05, 4.69) is 43.9 Å². The van der Waals surface area contributed by atoms with Gasteiger partial charge in [-0.3, -0.25) is 0 Å². The second-order valence-corrected chi connectivity index (χ2v) is 6.47. The van der Waals surface area contributed by atoms with Crippen LogP contribution in [-0.2, 0) is 11.2 Å². The van der Waals surface area contributed by atoms with Crippen LogP contribution >= 0.6 is 0 Å². The number of aryl methyl sites for hydroxylation is 1. The second-order valence-electron chi connectivity index (χ2n) is 6.47. The molecule has 0 aliphatic carbocycles. The van der Waals surface area contributed by atoms with Crippen molar-refractivity contribution in [2.45, 2.75) is 52.2 Å². The highest BCUT2D eigenvalue weighted by Gasteiger charge is 2.26. The lowest BCUT2D eigenvalue weighted by molar-refractivity contribution is 0.0498. The standard InChI is InChI=1S/C18H30N2O/c1-5-16(19)11-15-6-7-17(10-14(15)3)20-9-8-13(2)18(12-20)21-4/h6-7,10,13,16,18H,5,8-9,11-12,19H2,1-4H3. The van der Waals surface area contributed by atoms with E-state index in [1.165, 1.54) is 23.2 Å². The van der Waals surface area contributed by atoms with Gasteiger partial charge in [0.25, 0.3) is 0 Å². The number of piperidine rings is 1. The largest absolute Gasteiger partial charge is 0.379 e. The Kier molecular flexibility index (Phi) is 5.65. The predicted octanol–water partition coefficient (Wildman–Crippen LogP) is 3.14. The fourth-order valence-corrected chi connectivity index (χ4v) is 3.11. The predicted molar refractivity (Wildman–Crippen MR) is 89.9 cm³/mol. The molecule has 1 aliphatic rings. The van der Waals surface area contributed by atoms with Gasteiger partial charge in [-0.2, -0.15) is 0 Å². The molecule has 3 heteroatoms. The topological polar surface area (TPSA) is 38.5 Å². The first kappa shape index (κ1) is 16.3. The van der Waals surface area contributed by atoms with E-state index in [0.717, 1.165) is 25.9 Å². The molecule has 0 radical (unpaired) electrons. The van der Waals surface area contributed by atoms with Crippen molar-refractivity contribution in [2.24, 2.45) is 11.7 Å². The number of nitrogens with zero attached hydrogens (tertiary/aromatic N) is 1. The maximum atomic E-state index is 6.08. The molecule has 2 N–H and O–H groups in total. The van der Waals surface area contributed by atoms with Gasteiger partial charge in [0.15, 0.2) is 0 Å². The van der Waals surface area contributed by atoms with Gasteiger partial charge in [0.05, 0.1) is 6.10 Å². The van der Waals surface area contributed by atoms with Gasteiger partial charge >= 0.3 is 0 Å². The summed E-state index contributed by atoms with van der Waals surface area (Å²) in [6.07, 6.45) is 3.54. The third kappa shape index (κ3) is 3.98. The van der Waals surface area contributed by atoms with Crippen LogP contribution in [-0.4, -0.2) is 32.3 Å². The third-order valence-electron chi connectivity index (χ3n) is 4.89. The summed E-state index contributed by atoms with van der Waals surface area (Å²) in [5.41, 5.74) is 10.1. The van der Waals surface area contributed by atoms with Crippen molar-refractivity contribution in [3.63, 3.8) is 0 Å². The van der Waals surface area contributed by atoms with E-state index in [1.54, 1.807) is 0 Å². The average Bonchev–Trinajstić information content (AvgIpc) is 2.49. The van der Waals surface area contributed by atoms with Crippen LogP contribution < -0.4 is 10.6 Å². The first-order valence-corrected chi connectivity index (χ1v) is 8.18. The van der Waals surface area contributed by atoms with E-state index >= 15 is 0 Å². The van der Waals surface area contributed by atoms with Crippen molar-refractivity contribution in [3.8, 4) is 0 Å². The minimum absolute atomic E-state index is 0.267. The van der Waals surface area contributed by atoms with Gasteiger partial charge in [0.1, 0.15) is 0 Å². The van der Waals surface area contributed by atoms with E-state index < -0.39 is 0 Å². The maximum Gasteiger partial charge on any atom is 0.0772 e. The summed E-state index contributed by atoms with van der Waals surface area (Å²) in [6.45, 7) is 8.74. The van der Waals surface area contributed by atoms with E-state index in [9.17, 15) is 0 Å². The number of benzene rings is 1. The Morgan fingerprint density at radius 3 is 2.81 bits per heavy atom. The van der Waals surface area contributed by atoms with Crippen LogP contribution in [0.4, 0.5) is 5.69 Å². The van der Waals surface area contributed by atoms with Crippen molar-refractivity contribution in [3.05, 3.63) is 29.3 Å². The van der Waals surface area contributed by atoms with E-state index in [0.29, 0.717) is 12.0 Å². The quantitative estimate of drug-likeness (QED) is 0.905.